The number of hydrogen-bond acceptors (Lipinski definition) is 9. The quantitative estimate of drug-likeness (QED) is 0.419. The number of morpholine rings is 1. The number of benzene rings is 1. The Balaban J connectivity index is 1.52. The molecule has 12 heteroatoms. The summed E-state index contributed by atoms with van der Waals surface area (Å²) in [5.41, 5.74) is 0.654. The van der Waals surface area contributed by atoms with Crippen molar-refractivity contribution in [1.82, 2.24) is 29.0 Å². The number of aromatic nitrogens is 5. The van der Waals surface area contributed by atoms with E-state index in [1.807, 2.05) is 6.07 Å². The Morgan fingerprint density at radius 1 is 1.14 bits per heavy atom. The van der Waals surface area contributed by atoms with E-state index in [1.54, 1.807) is 10.5 Å². The van der Waals surface area contributed by atoms with Crippen molar-refractivity contribution in [2.24, 2.45) is 0 Å². The molecule has 0 amide bonds. The summed E-state index contributed by atoms with van der Waals surface area (Å²) in [5, 5.41) is 13.8. The maximum atomic E-state index is 14.6. The summed E-state index contributed by atoms with van der Waals surface area (Å²) in [6.45, 7) is 4.67. The number of halogens is 1. The third kappa shape index (κ3) is 3.68. The van der Waals surface area contributed by atoms with Crippen LogP contribution in [0.1, 0.15) is 23.8 Å². The van der Waals surface area contributed by atoms with Gasteiger partial charge in [0.05, 0.1) is 36.8 Å². The minimum Gasteiger partial charge on any atom is -0.381 e. The van der Waals surface area contributed by atoms with E-state index in [4.69, 9.17) is 14.0 Å². The molecular weight excluding hydrogens is 457 g/mol. The molecule has 180 valence electrons. The molecular formula is C23H22FN7O4. The van der Waals surface area contributed by atoms with Gasteiger partial charge in [-0.2, -0.15) is 10.2 Å². The first kappa shape index (κ1) is 21.8. The third-order valence-corrected chi connectivity index (χ3v) is 6.64. The minimum absolute atomic E-state index is 0.0114. The number of imidazole rings is 1. The lowest BCUT2D eigenvalue weighted by molar-refractivity contribution is 0.0364. The van der Waals surface area contributed by atoms with E-state index in [-0.39, 0.29) is 40.6 Å². The predicted molar refractivity (Wildman–Crippen MR) is 120 cm³/mol. The Bertz CT molecular complexity index is 1510. The first-order chi connectivity index (χ1) is 17.2. The molecule has 2 fully saturated rings. The van der Waals surface area contributed by atoms with Crippen molar-refractivity contribution in [3.05, 3.63) is 46.1 Å². The molecule has 1 atom stereocenters. The summed E-state index contributed by atoms with van der Waals surface area (Å²) < 4.78 is 33.9. The van der Waals surface area contributed by atoms with Gasteiger partial charge in [-0.1, -0.05) is 5.16 Å². The number of ether oxygens (including phenoxy) is 2. The lowest BCUT2D eigenvalue weighted by atomic mass is 10.1. The van der Waals surface area contributed by atoms with Gasteiger partial charge in [-0.25, -0.2) is 9.37 Å². The van der Waals surface area contributed by atoms with Gasteiger partial charge in [-0.15, -0.1) is 0 Å². The Hall–Kier alpha value is -3.66. The number of hydrogen-bond donors (Lipinski definition) is 0. The van der Waals surface area contributed by atoms with E-state index in [1.165, 1.54) is 17.0 Å². The van der Waals surface area contributed by atoms with Crippen molar-refractivity contribution in [1.29, 1.82) is 5.26 Å². The Morgan fingerprint density at radius 2 is 2.00 bits per heavy atom. The zero-order valence-corrected chi connectivity index (χ0v) is 18.8. The van der Waals surface area contributed by atoms with E-state index in [0.717, 1.165) is 19.5 Å². The summed E-state index contributed by atoms with van der Waals surface area (Å²) in [5.74, 6) is -0.0211. The van der Waals surface area contributed by atoms with Gasteiger partial charge in [0.15, 0.2) is 0 Å². The monoisotopic (exact) mass is 479 g/mol. The van der Waals surface area contributed by atoms with Crippen molar-refractivity contribution in [2.45, 2.75) is 18.9 Å². The summed E-state index contributed by atoms with van der Waals surface area (Å²) >= 11 is 0. The second kappa shape index (κ2) is 8.84. The fourth-order valence-corrected chi connectivity index (χ4v) is 4.76. The van der Waals surface area contributed by atoms with Crippen LogP contribution in [-0.4, -0.2) is 75.1 Å². The largest absolute Gasteiger partial charge is 0.381 e. The first-order valence-corrected chi connectivity index (χ1v) is 11.5. The fourth-order valence-electron chi connectivity index (χ4n) is 4.76. The number of fused-ring (bicyclic) bond motifs is 3. The number of nitriles is 1. The number of rotatable bonds is 5. The van der Waals surface area contributed by atoms with Gasteiger partial charge in [0.25, 0.3) is 5.56 Å². The molecule has 2 aliphatic rings. The summed E-state index contributed by atoms with van der Waals surface area (Å²) in [4.78, 5) is 24.9. The zero-order chi connectivity index (χ0) is 23.9. The fraction of sp³-hybridized carbons (Fsp3) is 0.435. The Morgan fingerprint density at radius 3 is 2.77 bits per heavy atom. The van der Waals surface area contributed by atoms with E-state index < -0.39 is 11.4 Å². The molecule has 4 aromatic rings. The van der Waals surface area contributed by atoms with Crippen LogP contribution in [0.4, 0.5) is 4.39 Å². The van der Waals surface area contributed by atoms with Gasteiger partial charge in [0, 0.05) is 32.8 Å². The van der Waals surface area contributed by atoms with E-state index in [2.05, 4.69) is 20.0 Å². The van der Waals surface area contributed by atoms with Crippen LogP contribution in [0.25, 0.3) is 28.1 Å². The molecule has 5 heterocycles. The SMILES string of the molecule is N#Cc1c(F)ccc2c1n(CCN1CCOCC1)c(=O)c1c(-c3noc(C4CCOC4)n3)ncn12. The first-order valence-electron chi connectivity index (χ1n) is 11.5. The van der Waals surface area contributed by atoms with Crippen molar-refractivity contribution in [3.63, 3.8) is 0 Å². The molecule has 2 saturated heterocycles. The summed E-state index contributed by atoms with van der Waals surface area (Å²) in [6.07, 6.45) is 2.25. The van der Waals surface area contributed by atoms with Gasteiger partial charge in [-0.05, 0) is 18.6 Å². The topological polar surface area (TPSA) is 124 Å². The van der Waals surface area contributed by atoms with E-state index >= 15 is 0 Å². The molecule has 0 spiro atoms. The smallest absolute Gasteiger partial charge is 0.277 e. The summed E-state index contributed by atoms with van der Waals surface area (Å²) in [7, 11) is 0. The van der Waals surface area contributed by atoms with Gasteiger partial charge in [0.1, 0.15) is 35.0 Å². The van der Waals surface area contributed by atoms with Gasteiger partial charge in [-0.3, -0.25) is 14.1 Å². The van der Waals surface area contributed by atoms with Crippen LogP contribution in [0.15, 0.2) is 27.8 Å². The highest BCUT2D eigenvalue weighted by molar-refractivity contribution is 5.87. The Kier molecular flexibility index (Phi) is 5.52. The molecule has 6 rings (SSSR count). The molecule has 35 heavy (non-hydrogen) atoms. The average molecular weight is 479 g/mol. The van der Waals surface area contributed by atoms with Gasteiger partial charge >= 0.3 is 0 Å². The maximum absolute atomic E-state index is 14.6. The predicted octanol–water partition coefficient (Wildman–Crippen LogP) is 1.55. The van der Waals surface area contributed by atoms with Crippen molar-refractivity contribution >= 4 is 16.6 Å². The number of nitrogens with zero attached hydrogens (tertiary/aromatic N) is 7. The third-order valence-electron chi connectivity index (χ3n) is 6.64. The van der Waals surface area contributed by atoms with Crippen LogP contribution in [0, 0.1) is 17.1 Å². The van der Waals surface area contributed by atoms with Crippen LogP contribution in [-0.2, 0) is 16.0 Å². The van der Waals surface area contributed by atoms with Crippen molar-refractivity contribution in [2.75, 3.05) is 46.1 Å². The van der Waals surface area contributed by atoms with Gasteiger partial charge in [0.2, 0.25) is 11.7 Å². The van der Waals surface area contributed by atoms with Crippen LogP contribution in [0.5, 0.6) is 0 Å². The molecule has 3 aromatic heterocycles. The van der Waals surface area contributed by atoms with E-state index in [9.17, 15) is 14.4 Å². The van der Waals surface area contributed by atoms with Crippen LogP contribution in [0.3, 0.4) is 0 Å². The standard InChI is InChI=1S/C23H22FN7O4/c24-16-1-2-17-19(15(16)11-25)30(5-4-29-6-9-33-10-7-29)23(32)20-18(26-13-31(17)20)21-27-22(35-28-21)14-3-8-34-12-14/h1-2,13-14H,3-10,12H2. The average Bonchev–Trinajstić information content (AvgIpc) is 3.65. The van der Waals surface area contributed by atoms with Gasteiger partial charge < -0.3 is 18.6 Å². The maximum Gasteiger partial charge on any atom is 0.277 e. The molecule has 2 aliphatic heterocycles. The lowest BCUT2D eigenvalue weighted by Crippen LogP contribution is -2.39. The molecule has 1 unspecified atom stereocenters. The molecule has 1 aromatic carbocycles. The Labute approximate surface area is 198 Å². The van der Waals surface area contributed by atoms with Crippen LogP contribution in [0.2, 0.25) is 0 Å². The highest BCUT2D eigenvalue weighted by atomic mass is 19.1. The summed E-state index contributed by atoms with van der Waals surface area (Å²) in [6, 6.07) is 4.70. The van der Waals surface area contributed by atoms with Crippen LogP contribution >= 0.6 is 0 Å². The molecule has 0 saturated carbocycles. The highest BCUT2D eigenvalue weighted by Gasteiger charge is 2.27. The van der Waals surface area contributed by atoms with Crippen molar-refractivity contribution in [3.8, 4) is 17.6 Å². The molecule has 0 N–H and O–H groups in total. The van der Waals surface area contributed by atoms with Crippen molar-refractivity contribution < 1.29 is 18.4 Å². The minimum atomic E-state index is -0.680. The zero-order valence-electron chi connectivity index (χ0n) is 18.8. The second-order valence-corrected chi connectivity index (χ2v) is 8.64. The normalized spacial score (nSPS) is 19.0. The van der Waals surface area contributed by atoms with Crippen LogP contribution < -0.4 is 5.56 Å². The second-order valence-electron chi connectivity index (χ2n) is 8.64. The molecule has 11 nitrogen and oxygen atoms in total. The molecule has 0 radical (unpaired) electrons. The lowest BCUT2D eigenvalue weighted by Gasteiger charge is -2.27. The highest BCUT2D eigenvalue weighted by Crippen LogP contribution is 2.28. The molecule has 0 aliphatic carbocycles. The van der Waals surface area contributed by atoms with E-state index in [0.29, 0.717) is 44.4 Å². The molecule has 0 bridgehead atoms.